The van der Waals surface area contributed by atoms with Crippen molar-refractivity contribution in [1.29, 1.82) is 0 Å². The Morgan fingerprint density at radius 1 is 1.00 bits per heavy atom. The first-order valence-corrected chi connectivity index (χ1v) is 7.00. The van der Waals surface area contributed by atoms with Crippen LogP contribution >= 0.6 is 0 Å². The van der Waals surface area contributed by atoms with Gasteiger partial charge in [-0.3, -0.25) is 4.79 Å². The predicted octanol–water partition coefficient (Wildman–Crippen LogP) is 4.25. The molecular formula is C16H24O2. The Morgan fingerprint density at radius 2 is 1.72 bits per heavy atom. The smallest absolute Gasteiger partial charge is 0.165 e. The highest BCUT2D eigenvalue weighted by Gasteiger charge is 2.03. The Bertz CT molecular complexity index is 319. The van der Waals surface area contributed by atoms with Crippen LogP contribution in [-0.4, -0.2) is 19.0 Å². The average Bonchev–Trinajstić information content (AvgIpc) is 2.42. The molecule has 0 aliphatic carbocycles. The van der Waals surface area contributed by atoms with E-state index < -0.39 is 0 Å². The predicted molar refractivity (Wildman–Crippen MR) is 75.0 cm³/mol. The van der Waals surface area contributed by atoms with Crippen LogP contribution in [0.15, 0.2) is 30.3 Å². The Morgan fingerprint density at radius 3 is 2.44 bits per heavy atom. The fourth-order valence-electron chi connectivity index (χ4n) is 1.84. The number of hydrogen-bond acceptors (Lipinski definition) is 2. The Labute approximate surface area is 110 Å². The molecule has 0 aromatic heterocycles. The van der Waals surface area contributed by atoms with Gasteiger partial charge in [0.25, 0.3) is 0 Å². The van der Waals surface area contributed by atoms with Crippen LogP contribution < -0.4 is 0 Å². The molecule has 0 fully saturated rings. The van der Waals surface area contributed by atoms with Gasteiger partial charge in [0.2, 0.25) is 0 Å². The number of carbonyl (C=O) groups is 1. The summed E-state index contributed by atoms with van der Waals surface area (Å²) in [6.45, 7) is 3.54. The van der Waals surface area contributed by atoms with Crippen molar-refractivity contribution in [2.75, 3.05) is 13.2 Å². The lowest BCUT2D eigenvalue weighted by molar-refractivity contribution is 0.0871. The standard InChI is InChI=1S/C16H24O2/c1-2-3-4-5-9-13-18-14-12-16(17)15-10-7-6-8-11-15/h6-8,10-11H,2-5,9,12-14H2,1H3. The van der Waals surface area contributed by atoms with E-state index in [2.05, 4.69) is 6.92 Å². The van der Waals surface area contributed by atoms with E-state index in [1.54, 1.807) is 0 Å². The van der Waals surface area contributed by atoms with Gasteiger partial charge in [0.05, 0.1) is 6.61 Å². The van der Waals surface area contributed by atoms with E-state index in [0.717, 1.165) is 18.6 Å². The summed E-state index contributed by atoms with van der Waals surface area (Å²) in [7, 11) is 0. The largest absolute Gasteiger partial charge is 0.381 e. The van der Waals surface area contributed by atoms with Crippen LogP contribution in [-0.2, 0) is 4.74 Å². The zero-order chi connectivity index (χ0) is 13.1. The number of unbranched alkanes of at least 4 members (excludes halogenated alkanes) is 4. The normalized spacial score (nSPS) is 10.5. The molecule has 0 saturated carbocycles. The molecule has 0 atom stereocenters. The lowest BCUT2D eigenvalue weighted by Gasteiger charge is -2.04. The zero-order valence-corrected chi connectivity index (χ0v) is 11.4. The third-order valence-corrected chi connectivity index (χ3v) is 2.96. The molecule has 0 heterocycles. The molecule has 100 valence electrons. The maximum absolute atomic E-state index is 11.7. The van der Waals surface area contributed by atoms with E-state index in [9.17, 15) is 4.79 Å². The monoisotopic (exact) mass is 248 g/mol. The van der Waals surface area contributed by atoms with Gasteiger partial charge >= 0.3 is 0 Å². The SMILES string of the molecule is CCCCCCCOCCC(=O)c1ccccc1. The lowest BCUT2D eigenvalue weighted by atomic mass is 10.1. The first kappa shape index (κ1) is 14.9. The van der Waals surface area contributed by atoms with Gasteiger partial charge in [-0.25, -0.2) is 0 Å². The Hall–Kier alpha value is -1.15. The van der Waals surface area contributed by atoms with Gasteiger partial charge < -0.3 is 4.74 Å². The molecule has 0 N–H and O–H groups in total. The molecular weight excluding hydrogens is 224 g/mol. The van der Waals surface area contributed by atoms with Gasteiger partial charge in [-0.15, -0.1) is 0 Å². The van der Waals surface area contributed by atoms with Crippen LogP contribution in [0.2, 0.25) is 0 Å². The van der Waals surface area contributed by atoms with Crippen molar-refractivity contribution >= 4 is 5.78 Å². The molecule has 0 unspecified atom stereocenters. The number of hydrogen-bond donors (Lipinski definition) is 0. The summed E-state index contributed by atoms with van der Waals surface area (Å²) in [5.41, 5.74) is 0.782. The van der Waals surface area contributed by atoms with Crippen molar-refractivity contribution < 1.29 is 9.53 Å². The summed E-state index contributed by atoms with van der Waals surface area (Å²) >= 11 is 0. The first-order chi connectivity index (χ1) is 8.84. The first-order valence-electron chi connectivity index (χ1n) is 7.00. The van der Waals surface area contributed by atoms with Gasteiger partial charge in [-0.1, -0.05) is 62.9 Å². The zero-order valence-electron chi connectivity index (χ0n) is 11.4. The van der Waals surface area contributed by atoms with Gasteiger partial charge in [0.1, 0.15) is 0 Å². The van der Waals surface area contributed by atoms with E-state index in [0.29, 0.717) is 13.0 Å². The molecule has 0 aliphatic heterocycles. The highest BCUT2D eigenvalue weighted by molar-refractivity contribution is 5.96. The topological polar surface area (TPSA) is 26.3 Å². The molecule has 18 heavy (non-hydrogen) atoms. The summed E-state index contributed by atoms with van der Waals surface area (Å²) in [5.74, 6) is 0.168. The number of benzene rings is 1. The van der Waals surface area contributed by atoms with Crippen molar-refractivity contribution in [1.82, 2.24) is 0 Å². The summed E-state index contributed by atoms with van der Waals surface area (Å²) in [4.78, 5) is 11.7. The molecule has 0 radical (unpaired) electrons. The quantitative estimate of drug-likeness (QED) is 0.457. The molecule has 1 rings (SSSR count). The Balaban J connectivity index is 2.00. The van der Waals surface area contributed by atoms with Crippen LogP contribution in [0.3, 0.4) is 0 Å². The third kappa shape index (κ3) is 6.55. The average molecular weight is 248 g/mol. The van der Waals surface area contributed by atoms with Crippen LogP contribution in [0.5, 0.6) is 0 Å². The number of carbonyl (C=O) groups excluding carboxylic acids is 1. The van der Waals surface area contributed by atoms with Gasteiger partial charge in [-0.2, -0.15) is 0 Å². The fraction of sp³-hybridized carbons (Fsp3) is 0.562. The van der Waals surface area contributed by atoms with Crippen molar-refractivity contribution in [3.63, 3.8) is 0 Å². The van der Waals surface area contributed by atoms with E-state index in [1.807, 2.05) is 30.3 Å². The van der Waals surface area contributed by atoms with Crippen LogP contribution in [0.1, 0.15) is 55.8 Å². The minimum Gasteiger partial charge on any atom is -0.381 e. The maximum Gasteiger partial charge on any atom is 0.165 e. The molecule has 0 aliphatic rings. The maximum atomic E-state index is 11.7. The molecule has 2 nitrogen and oxygen atoms in total. The molecule has 0 amide bonds. The summed E-state index contributed by atoms with van der Waals surface area (Å²) in [5, 5.41) is 0. The Kier molecular flexibility index (Phi) is 8.15. The highest BCUT2D eigenvalue weighted by atomic mass is 16.5. The summed E-state index contributed by atoms with van der Waals surface area (Å²) in [6, 6.07) is 9.41. The second-order valence-corrected chi connectivity index (χ2v) is 4.57. The van der Waals surface area contributed by atoms with Gasteiger partial charge in [0.15, 0.2) is 5.78 Å². The molecule has 0 spiro atoms. The van der Waals surface area contributed by atoms with Crippen LogP contribution in [0.25, 0.3) is 0 Å². The van der Waals surface area contributed by atoms with E-state index in [-0.39, 0.29) is 5.78 Å². The summed E-state index contributed by atoms with van der Waals surface area (Å²) < 4.78 is 5.49. The minimum absolute atomic E-state index is 0.168. The van der Waals surface area contributed by atoms with Crippen LogP contribution in [0.4, 0.5) is 0 Å². The van der Waals surface area contributed by atoms with E-state index in [1.165, 1.54) is 25.7 Å². The lowest BCUT2D eigenvalue weighted by Crippen LogP contribution is -2.05. The third-order valence-electron chi connectivity index (χ3n) is 2.96. The van der Waals surface area contributed by atoms with Gasteiger partial charge in [-0.05, 0) is 6.42 Å². The number of ether oxygens (including phenoxy) is 1. The van der Waals surface area contributed by atoms with Crippen molar-refractivity contribution in [2.45, 2.75) is 45.4 Å². The second kappa shape index (κ2) is 9.84. The van der Waals surface area contributed by atoms with Crippen molar-refractivity contribution in [3.05, 3.63) is 35.9 Å². The van der Waals surface area contributed by atoms with Crippen molar-refractivity contribution in [2.24, 2.45) is 0 Å². The fourth-order valence-corrected chi connectivity index (χ4v) is 1.84. The number of Topliss-reactive ketones (excluding diaryl/α,β-unsaturated/α-hetero) is 1. The van der Waals surface area contributed by atoms with Crippen LogP contribution in [0, 0.1) is 0 Å². The van der Waals surface area contributed by atoms with E-state index >= 15 is 0 Å². The van der Waals surface area contributed by atoms with Gasteiger partial charge in [0, 0.05) is 18.6 Å². The molecule has 0 bridgehead atoms. The molecule has 1 aromatic rings. The highest BCUT2D eigenvalue weighted by Crippen LogP contribution is 2.04. The number of ketones is 1. The molecule has 0 saturated heterocycles. The number of rotatable bonds is 10. The summed E-state index contributed by atoms with van der Waals surface area (Å²) in [6.07, 6.45) is 6.71. The minimum atomic E-state index is 0.168. The molecule has 2 heteroatoms. The van der Waals surface area contributed by atoms with Crippen molar-refractivity contribution in [3.8, 4) is 0 Å². The molecule has 1 aromatic carbocycles. The second-order valence-electron chi connectivity index (χ2n) is 4.57. The van der Waals surface area contributed by atoms with E-state index in [4.69, 9.17) is 4.74 Å².